The number of ether oxygens (including phenoxy) is 1. The predicted molar refractivity (Wildman–Crippen MR) is 150 cm³/mol. The first-order chi connectivity index (χ1) is 20.1. The second-order valence-electron chi connectivity index (χ2n) is 9.45. The molecule has 0 bridgehead atoms. The van der Waals surface area contributed by atoms with Crippen LogP contribution in [0.1, 0.15) is 31.2 Å². The summed E-state index contributed by atoms with van der Waals surface area (Å²) in [6.07, 6.45) is 0.577. The summed E-state index contributed by atoms with van der Waals surface area (Å²) < 4.78 is 5.10. The number of nitrogens with two attached hydrogens (primary N) is 1. The number of hydrogen-bond acceptors (Lipinski definition) is 9. The number of primary amides is 1. The number of amides is 6. The van der Waals surface area contributed by atoms with Gasteiger partial charge in [-0.1, -0.05) is 30.3 Å². The molecule has 1 heterocycles. The van der Waals surface area contributed by atoms with E-state index >= 15 is 0 Å². The van der Waals surface area contributed by atoms with Gasteiger partial charge in [-0.05, 0) is 43.4 Å². The fourth-order valence-electron chi connectivity index (χ4n) is 4.32. The Hall–Kier alpha value is -5.21. The van der Waals surface area contributed by atoms with Crippen LogP contribution in [0, 0.1) is 10.1 Å². The number of nitro groups is 1. The number of hydrogen-bond donors (Lipinski definition) is 5. The lowest BCUT2D eigenvalue weighted by Crippen LogP contribution is -2.52. The summed E-state index contributed by atoms with van der Waals surface area (Å²) in [5.41, 5.74) is 6.13. The maximum atomic E-state index is 13.1. The zero-order chi connectivity index (χ0) is 30.5. The predicted octanol–water partition coefficient (Wildman–Crippen LogP) is 1.38. The minimum Gasteiger partial charge on any atom is -0.445 e. The summed E-state index contributed by atoms with van der Waals surface area (Å²) in [6, 6.07) is 11.8. The maximum absolute atomic E-state index is 13.1. The fraction of sp³-hybridized carbons (Fsp3) is 0.370. The number of rotatable bonds is 13. The van der Waals surface area contributed by atoms with Gasteiger partial charge in [-0.15, -0.1) is 0 Å². The van der Waals surface area contributed by atoms with Gasteiger partial charge < -0.3 is 31.3 Å². The molecule has 1 fully saturated rings. The third-order valence-electron chi connectivity index (χ3n) is 6.42. The summed E-state index contributed by atoms with van der Waals surface area (Å²) in [6.45, 7) is 0.101. The van der Waals surface area contributed by atoms with E-state index in [9.17, 15) is 34.1 Å². The molecule has 0 aromatic heterocycles. The standard InChI is InChI=1S/C27H33N7O8/c28-26(38)29-14-4-8-21(31-19-10-12-20(13-11-19)34(40)41)24(36)32-25(37)22-9-5-15-33(22)23(35)16-30-27(39)42-17-18-6-2-1-3-7-18/h1-3,6-7,10-13,21-22,31H,4-5,8-9,14-17H2,(H,30,39)(H3,28,29,38)(H,32,36,37)/t21-,22-/m0/s1. The Morgan fingerprint density at radius 1 is 1.05 bits per heavy atom. The van der Waals surface area contributed by atoms with Crippen LogP contribution in [0.15, 0.2) is 54.6 Å². The summed E-state index contributed by atoms with van der Waals surface area (Å²) in [5, 5.41) is 21.0. The quantitative estimate of drug-likeness (QED) is 0.131. The Balaban J connectivity index is 1.55. The molecule has 0 aliphatic carbocycles. The Kier molecular flexibility index (Phi) is 11.6. The van der Waals surface area contributed by atoms with Crippen LogP contribution in [0.25, 0.3) is 0 Å². The number of nitro benzene ring substituents is 1. The molecule has 1 aliphatic rings. The molecule has 2 aromatic carbocycles. The van der Waals surface area contributed by atoms with E-state index in [2.05, 4.69) is 21.3 Å². The van der Waals surface area contributed by atoms with Crippen LogP contribution in [0.2, 0.25) is 0 Å². The molecule has 6 amide bonds. The summed E-state index contributed by atoms with van der Waals surface area (Å²) in [5.74, 6) is -1.86. The SMILES string of the molecule is NC(=O)NCCC[C@H](Nc1ccc([N+](=O)[O-])cc1)C(=O)NC(=O)[C@@H]1CCCN1C(=O)CNC(=O)OCc1ccccc1. The van der Waals surface area contributed by atoms with Crippen molar-refractivity contribution in [1.29, 1.82) is 0 Å². The minimum atomic E-state index is -0.948. The largest absolute Gasteiger partial charge is 0.445 e. The van der Waals surface area contributed by atoms with Crippen LogP contribution >= 0.6 is 0 Å². The number of carbonyl (C=O) groups excluding carboxylic acids is 5. The van der Waals surface area contributed by atoms with Gasteiger partial charge in [0, 0.05) is 30.9 Å². The number of urea groups is 1. The highest BCUT2D eigenvalue weighted by molar-refractivity contribution is 6.02. The highest BCUT2D eigenvalue weighted by Crippen LogP contribution is 2.19. The lowest BCUT2D eigenvalue weighted by molar-refractivity contribution is -0.384. The number of nitrogens with one attached hydrogen (secondary N) is 4. The topological polar surface area (TPSA) is 215 Å². The van der Waals surface area contributed by atoms with Crippen molar-refractivity contribution in [3.05, 3.63) is 70.3 Å². The number of benzene rings is 2. The van der Waals surface area contributed by atoms with Gasteiger partial charge in [0.25, 0.3) is 5.69 Å². The summed E-state index contributed by atoms with van der Waals surface area (Å²) >= 11 is 0. The van der Waals surface area contributed by atoms with Crippen molar-refractivity contribution in [2.24, 2.45) is 5.73 Å². The third kappa shape index (κ3) is 9.76. The molecular weight excluding hydrogens is 550 g/mol. The van der Waals surface area contributed by atoms with E-state index in [4.69, 9.17) is 10.5 Å². The van der Waals surface area contributed by atoms with Crippen molar-refractivity contribution in [2.45, 2.75) is 44.4 Å². The van der Waals surface area contributed by atoms with Gasteiger partial charge in [0.2, 0.25) is 17.7 Å². The molecule has 15 nitrogen and oxygen atoms in total. The molecule has 0 saturated carbocycles. The van der Waals surface area contributed by atoms with Crippen molar-refractivity contribution in [1.82, 2.24) is 20.9 Å². The fourth-order valence-corrected chi connectivity index (χ4v) is 4.32. The average molecular weight is 584 g/mol. The molecule has 0 spiro atoms. The molecule has 2 aromatic rings. The van der Waals surface area contributed by atoms with E-state index in [0.717, 1.165) is 5.56 Å². The first-order valence-electron chi connectivity index (χ1n) is 13.3. The molecule has 1 saturated heterocycles. The highest BCUT2D eigenvalue weighted by atomic mass is 16.6. The van der Waals surface area contributed by atoms with E-state index in [1.54, 1.807) is 24.3 Å². The van der Waals surface area contributed by atoms with Gasteiger partial charge in [0.05, 0.1) is 4.92 Å². The van der Waals surface area contributed by atoms with Crippen LogP contribution < -0.4 is 27.0 Å². The number of non-ortho nitro benzene ring substituents is 1. The van der Waals surface area contributed by atoms with E-state index in [0.29, 0.717) is 24.9 Å². The Bertz CT molecular complexity index is 1270. The molecule has 0 unspecified atom stereocenters. The van der Waals surface area contributed by atoms with Gasteiger partial charge in [-0.2, -0.15) is 0 Å². The van der Waals surface area contributed by atoms with E-state index in [1.807, 2.05) is 6.07 Å². The maximum Gasteiger partial charge on any atom is 0.407 e. The molecule has 0 radical (unpaired) electrons. The molecule has 224 valence electrons. The highest BCUT2D eigenvalue weighted by Gasteiger charge is 2.35. The minimum absolute atomic E-state index is 0.0331. The molecule has 1 aliphatic heterocycles. The van der Waals surface area contributed by atoms with Gasteiger partial charge in [0.1, 0.15) is 25.2 Å². The lowest BCUT2D eigenvalue weighted by Gasteiger charge is -2.25. The van der Waals surface area contributed by atoms with Gasteiger partial charge in [-0.25, -0.2) is 9.59 Å². The van der Waals surface area contributed by atoms with E-state index in [1.165, 1.54) is 29.2 Å². The van der Waals surface area contributed by atoms with Crippen molar-refractivity contribution in [3.63, 3.8) is 0 Å². The van der Waals surface area contributed by atoms with Crippen molar-refractivity contribution in [3.8, 4) is 0 Å². The number of nitrogens with zero attached hydrogens (tertiary/aromatic N) is 2. The molecule has 15 heteroatoms. The van der Waals surface area contributed by atoms with Crippen LogP contribution in [-0.4, -0.2) is 71.4 Å². The van der Waals surface area contributed by atoms with Gasteiger partial charge in [-0.3, -0.25) is 29.8 Å². The second-order valence-corrected chi connectivity index (χ2v) is 9.45. The van der Waals surface area contributed by atoms with Crippen LogP contribution in [0.4, 0.5) is 21.0 Å². The second kappa shape index (κ2) is 15.5. The number of carbonyl (C=O) groups is 5. The summed E-state index contributed by atoms with van der Waals surface area (Å²) in [4.78, 5) is 73.6. The van der Waals surface area contributed by atoms with Crippen molar-refractivity contribution < 1.29 is 33.6 Å². The number of imide groups is 1. The zero-order valence-electron chi connectivity index (χ0n) is 22.7. The third-order valence-corrected chi connectivity index (χ3v) is 6.42. The average Bonchev–Trinajstić information content (AvgIpc) is 3.47. The molecule has 42 heavy (non-hydrogen) atoms. The van der Waals surface area contributed by atoms with Crippen LogP contribution in [0.5, 0.6) is 0 Å². The Morgan fingerprint density at radius 3 is 2.43 bits per heavy atom. The lowest BCUT2D eigenvalue weighted by atomic mass is 10.1. The molecule has 2 atom stereocenters. The molecule has 3 rings (SSSR count). The van der Waals surface area contributed by atoms with E-state index < -0.39 is 46.9 Å². The Labute approximate surface area is 241 Å². The van der Waals surface area contributed by atoms with Crippen LogP contribution in [0.3, 0.4) is 0 Å². The monoisotopic (exact) mass is 583 g/mol. The van der Waals surface area contributed by atoms with E-state index in [-0.39, 0.29) is 38.3 Å². The zero-order valence-corrected chi connectivity index (χ0v) is 22.7. The molecular formula is C27H33N7O8. The number of anilines is 1. The van der Waals surface area contributed by atoms with Crippen molar-refractivity contribution in [2.75, 3.05) is 25.0 Å². The summed E-state index contributed by atoms with van der Waals surface area (Å²) in [7, 11) is 0. The first kappa shape index (κ1) is 31.3. The van der Waals surface area contributed by atoms with Gasteiger partial charge in [0.15, 0.2) is 0 Å². The normalized spacial score (nSPS) is 14.8. The van der Waals surface area contributed by atoms with Gasteiger partial charge >= 0.3 is 12.1 Å². The Morgan fingerprint density at radius 2 is 1.76 bits per heavy atom. The molecule has 6 N–H and O–H groups in total. The van der Waals surface area contributed by atoms with Crippen LogP contribution in [-0.2, 0) is 25.7 Å². The smallest absolute Gasteiger partial charge is 0.407 e. The number of alkyl carbamates (subject to hydrolysis) is 1. The number of likely N-dealkylation sites (tertiary alicyclic amines) is 1. The first-order valence-corrected chi connectivity index (χ1v) is 13.3. The van der Waals surface area contributed by atoms with Crippen molar-refractivity contribution >= 4 is 41.2 Å².